The van der Waals surface area contributed by atoms with Crippen molar-refractivity contribution in [3.8, 4) is 11.4 Å². The number of amides is 1. The number of carbonyl (C=O) groups is 2. The second-order valence-electron chi connectivity index (χ2n) is 8.48. The van der Waals surface area contributed by atoms with Crippen molar-refractivity contribution in [2.75, 3.05) is 6.54 Å². The van der Waals surface area contributed by atoms with Crippen molar-refractivity contribution >= 4 is 22.8 Å². The number of hydrogen-bond donors (Lipinski definition) is 2. The summed E-state index contributed by atoms with van der Waals surface area (Å²) in [7, 11) is 0. The Balaban J connectivity index is 1.56. The van der Waals surface area contributed by atoms with Gasteiger partial charge in [0.15, 0.2) is 5.82 Å². The van der Waals surface area contributed by atoms with Crippen molar-refractivity contribution < 1.29 is 27.9 Å². The van der Waals surface area contributed by atoms with Crippen molar-refractivity contribution in [1.29, 1.82) is 0 Å². The van der Waals surface area contributed by atoms with Crippen LogP contribution in [0.5, 0.6) is 0 Å². The van der Waals surface area contributed by atoms with Crippen LogP contribution in [0.1, 0.15) is 53.7 Å². The van der Waals surface area contributed by atoms with Gasteiger partial charge in [-0.1, -0.05) is 25.5 Å². The minimum absolute atomic E-state index is 0.0342. The first-order chi connectivity index (χ1) is 17.7. The molecular weight excluding hydrogens is 487 g/mol. The van der Waals surface area contributed by atoms with Gasteiger partial charge in [0.05, 0.1) is 29.7 Å². The number of aromatic nitrogens is 4. The SMILES string of the molecule is CCCC(c1cnc(-c2ccc(C(F)(F)F)cc2)nc1)n1ncc2cc(C(=O)NCCC(=O)O)ccc21. The van der Waals surface area contributed by atoms with Gasteiger partial charge >= 0.3 is 12.1 Å². The fourth-order valence-corrected chi connectivity index (χ4v) is 4.00. The third-order valence-corrected chi connectivity index (χ3v) is 5.87. The molecule has 11 heteroatoms. The molecule has 0 bridgehead atoms. The Morgan fingerprint density at radius 1 is 1.05 bits per heavy atom. The van der Waals surface area contributed by atoms with Crippen LogP contribution in [0.25, 0.3) is 22.3 Å². The Bertz CT molecular complexity index is 1400. The zero-order chi connectivity index (χ0) is 26.6. The Labute approximate surface area is 210 Å². The number of alkyl halides is 3. The second kappa shape index (κ2) is 10.8. The van der Waals surface area contributed by atoms with E-state index in [1.807, 2.05) is 11.6 Å². The van der Waals surface area contributed by atoms with Crippen LogP contribution in [-0.4, -0.2) is 43.3 Å². The maximum Gasteiger partial charge on any atom is 0.416 e. The number of carboxylic acid groups (broad SMARTS) is 1. The van der Waals surface area contributed by atoms with Gasteiger partial charge in [-0.05, 0) is 36.8 Å². The number of nitrogens with zero attached hydrogens (tertiary/aromatic N) is 4. The zero-order valence-corrected chi connectivity index (χ0v) is 19.9. The maximum absolute atomic E-state index is 12.8. The molecule has 2 heterocycles. The molecule has 0 aliphatic heterocycles. The molecule has 0 saturated heterocycles. The summed E-state index contributed by atoms with van der Waals surface area (Å²) in [5.74, 6) is -1.04. The third-order valence-electron chi connectivity index (χ3n) is 5.87. The predicted molar refractivity (Wildman–Crippen MR) is 130 cm³/mol. The lowest BCUT2D eigenvalue weighted by Gasteiger charge is -2.18. The van der Waals surface area contributed by atoms with Crippen LogP contribution in [0.15, 0.2) is 61.1 Å². The normalized spacial score (nSPS) is 12.4. The number of aliphatic carboxylic acids is 1. The first-order valence-electron chi connectivity index (χ1n) is 11.6. The van der Waals surface area contributed by atoms with Crippen LogP contribution in [0.4, 0.5) is 13.2 Å². The quantitative estimate of drug-likeness (QED) is 0.323. The van der Waals surface area contributed by atoms with Crippen LogP contribution in [0.3, 0.4) is 0 Å². The number of rotatable bonds is 9. The molecule has 192 valence electrons. The van der Waals surface area contributed by atoms with Gasteiger partial charge in [0.2, 0.25) is 0 Å². The molecule has 2 N–H and O–H groups in total. The standard InChI is InChI=1S/C26H24F3N5O3/c1-2-3-21(19-13-31-24(32-14-19)16-4-7-20(8-5-16)26(27,28)29)34-22-9-6-17(12-18(22)15-33-34)25(37)30-11-10-23(35)36/h4-9,12-15,21H,2-3,10-11H2,1H3,(H,30,37)(H,35,36). The third kappa shape index (κ3) is 5.93. The highest BCUT2D eigenvalue weighted by molar-refractivity contribution is 5.98. The molecule has 2 aromatic heterocycles. The lowest BCUT2D eigenvalue weighted by Crippen LogP contribution is -2.25. The molecule has 4 aromatic rings. The van der Waals surface area contributed by atoms with E-state index < -0.39 is 17.7 Å². The maximum atomic E-state index is 12.8. The van der Waals surface area contributed by atoms with Crippen molar-refractivity contribution in [2.24, 2.45) is 0 Å². The van der Waals surface area contributed by atoms with E-state index in [1.165, 1.54) is 12.1 Å². The second-order valence-corrected chi connectivity index (χ2v) is 8.48. The Morgan fingerprint density at radius 2 is 1.76 bits per heavy atom. The molecule has 8 nitrogen and oxygen atoms in total. The van der Waals surface area contributed by atoms with Crippen LogP contribution >= 0.6 is 0 Å². The van der Waals surface area contributed by atoms with Crippen molar-refractivity contribution in [3.63, 3.8) is 0 Å². The summed E-state index contributed by atoms with van der Waals surface area (Å²) < 4.78 is 40.4. The van der Waals surface area contributed by atoms with Gasteiger partial charge in [-0.2, -0.15) is 18.3 Å². The zero-order valence-electron chi connectivity index (χ0n) is 19.9. The van der Waals surface area contributed by atoms with Crippen LogP contribution in [0.2, 0.25) is 0 Å². The fraction of sp³-hybridized carbons (Fsp3) is 0.269. The molecule has 0 saturated carbocycles. The van der Waals surface area contributed by atoms with E-state index in [4.69, 9.17) is 5.11 Å². The lowest BCUT2D eigenvalue weighted by molar-refractivity contribution is -0.138. The molecule has 0 radical (unpaired) electrons. The largest absolute Gasteiger partial charge is 0.481 e. The molecule has 0 aliphatic carbocycles. The molecule has 0 fully saturated rings. The van der Waals surface area contributed by atoms with Crippen molar-refractivity contribution in [1.82, 2.24) is 25.1 Å². The summed E-state index contributed by atoms with van der Waals surface area (Å²) in [6.45, 7) is 2.07. The van der Waals surface area contributed by atoms with Crippen LogP contribution in [-0.2, 0) is 11.0 Å². The molecule has 1 amide bonds. The lowest BCUT2D eigenvalue weighted by atomic mass is 10.0. The number of benzene rings is 2. The Hall–Kier alpha value is -4.28. The summed E-state index contributed by atoms with van der Waals surface area (Å²) in [5.41, 5.74) is 1.73. The molecule has 0 aliphatic rings. The number of carboxylic acids is 1. The summed E-state index contributed by atoms with van der Waals surface area (Å²) >= 11 is 0. The number of hydrogen-bond acceptors (Lipinski definition) is 5. The van der Waals surface area contributed by atoms with Crippen LogP contribution in [0, 0.1) is 0 Å². The minimum Gasteiger partial charge on any atom is -0.481 e. The topological polar surface area (TPSA) is 110 Å². The average molecular weight is 512 g/mol. The average Bonchev–Trinajstić information content (AvgIpc) is 3.30. The minimum atomic E-state index is -4.41. The van der Waals surface area contributed by atoms with Gasteiger partial charge in [-0.25, -0.2) is 9.97 Å². The smallest absolute Gasteiger partial charge is 0.416 e. The van der Waals surface area contributed by atoms with Crippen LogP contribution < -0.4 is 5.32 Å². The molecule has 2 aromatic carbocycles. The molecule has 1 atom stereocenters. The Morgan fingerprint density at radius 3 is 2.38 bits per heavy atom. The predicted octanol–water partition coefficient (Wildman–Crippen LogP) is 5.11. The van der Waals surface area contributed by atoms with Gasteiger partial charge in [-0.15, -0.1) is 0 Å². The molecule has 4 rings (SSSR count). The van der Waals surface area contributed by atoms with Gasteiger partial charge in [0.25, 0.3) is 5.91 Å². The monoisotopic (exact) mass is 511 g/mol. The fourth-order valence-electron chi connectivity index (χ4n) is 4.00. The van der Waals surface area contributed by atoms with Gasteiger partial charge < -0.3 is 10.4 Å². The Kier molecular flexibility index (Phi) is 7.51. The summed E-state index contributed by atoms with van der Waals surface area (Å²) in [5, 5.41) is 16.6. The van der Waals surface area contributed by atoms with E-state index in [-0.39, 0.29) is 24.9 Å². The van der Waals surface area contributed by atoms with Crippen molar-refractivity contribution in [2.45, 2.75) is 38.4 Å². The van der Waals surface area contributed by atoms with Gasteiger partial charge in [0, 0.05) is 41.0 Å². The summed E-state index contributed by atoms with van der Waals surface area (Å²) in [6.07, 6.45) is 1.96. The van der Waals surface area contributed by atoms with Gasteiger partial charge in [0.1, 0.15) is 0 Å². The number of nitrogens with one attached hydrogen (secondary N) is 1. The molecular formula is C26H24F3N5O3. The molecule has 37 heavy (non-hydrogen) atoms. The highest BCUT2D eigenvalue weighted by Gasteiger charge is 2.30. The highest BCUT2D eigenvalue weighted by atomic mass is 19.4. The van der Waals surface area contributed by atoms with E-state index >= 15 is 0 Å². The highest BCUT2D eigenvalue weighted by Crippen LogP contribution is 2.31. The number of fused-ring (bicyclic) bond motifs is 1. The first-order valence-corrected chi connectivity index (χ1v) is 11.6. The van der Waals surface area contributed by atoms with E-state index in [0.717, 1.165) is 41.4 Å². The molecule has 0 spiro atoms. The van der Waals surface area contributed by atoms with Crippen molar-refractivity contribution in [3.05, 3.63) is 77.7 Å². The van der Waals surface area contributed by atoms with Gasteiger partial charge in [-0.3, -0.25) is 14.3 Å². The van der Waals surface area contributed by atoms with E-state index in [2.05, 4.69) is 20.4 Å². The first kappa shape index (κ1) is 25.8. The van der Waals surface area contributed by atoms with E-state index in [0.29, 0.717) is 17.0 Å². The van der Waals surface area contributed by atoms with E-state index in [1.54, 1.807) is 36.8 Å². The summed E-state index contributed by atoms with van der Waals surface area (Å²) in [4.78, 5) is 31.8. The summed E-state index contributed by atoms with van der Waals surface area (Å²) in [6, 6.07) is 9.64. The number of halogens is 3. The van der Waals surface area contributed by atoms with E-state index in [9.17, 15) is 22.8 Å². The molecule has 1 unspecified atom stereocenters. The number of carbonyl (C=O) groups excluding carboxylic acids is 1.